The summed E-state index contributed by atoms with van der Waals surface area (Å²) < 4.78 is 6.49. The van der Waals surface area contributed by atoms with Gasteiger partial charge in [0.15, 0.2) is 29.0 Å². The Balaban J connectivity index is 1.82. The van der Waals surface area contributed by atoms with Crippen molar-refractivity contribution in [2.24, 2.45) is 0 Å². The molecule has 0 aliphatic carbocycles. The lowest BCUT2D eigenvalue weighted by Gasteiger charge is -2.08. The van der Waals surface area contributed by atoms with Crippen LogP contribution in [0.1, 0.15) is 15.9 Å². The van der Waals surface area contributed by atoms with E-state index in [4.69, 9.17) is 4.42 Å². The highest BCUT2D eigenvalue weighted by atomic mass is 16.3. The Morgan fingerprint density at radius 1 is 1.04 bits per heavy atom. The third-order valence-electron chi connectivity index (χ3n) is 3.93. The van der Waals surface area contributed by atoms with Gasteiger partial charge in [-0.25, -0.2) is 4.98 Å². The van der Waals surface area contributed by atoms with Crippen LogP contribution in [-0.2, 0) is 0 Å². The highest BCUT2D eigenvalue weighted by Crippen LogP contribution is 2.29. The van der Waals surface area contributed by atoms with E-state index in [0.717, 1.165) is 0 Å². The van der Waals surface area contributed by atoms with Gasteiger partial charge < -0.3 is 9.52 Å². The molecule has 0 aliphatic heterocycles. The third kappa shape index (κ3) is 2.49. The van der Waals surface area contributed by atoms with Gasteiger partial charge >= 0.3 is 0 Å². The van der Waals surface area contributed by atoms with Gasteiger partial charge in [-0.15, -0.1) is 0 Å². The summed E-state index contributed by atoms with van der Waals surface area (Å²) in [6.45, 7) is 0. The molecular formula is C19H12N2O4. The number of phenols is 1. The van der Waals surface area contributed by atoms with Crippen LogP contribution in [0.25, 0.3) is 16.8 Å². The lowest BCUT2D eigenvalue weighted by atomic mass is 10.0. The maximum atomic E-state index is 12.8. The van der Waals surface area contributed by atoms with E-state index < -0.39 is 5.78 Å². The van der Waals surface area contributed by atoms with Gasteiger partial charge in [-0.1, -0.05) is 18.2 Å². The number of phenolic OH excluding ortho intramolecular Hbond substituents is 1. The molecule has 4 aromatic rings. The molecule has 1 N–H and O–H groups in total. The number of para-hydroxylation sites is 1. The van der Waals surface area contributed by atoms with Crippen molar-refractivity contribution in [3.05, 3.63) is 88.7 Å². The van der Waals surface area contributed by atoms with Crippen molar-refractivity contribution in [2.45, 2.75) is 0 Å². The molecule has 0 unspecified atom stereocenters. The SMILES string of the molecule is O=C(c1ccc(=O)n(-c2ccccc2)c1)c1ccc2ocnc2c1O. The number of benzene rings is 2. The number of hydrogen-bond donors (Lipinski definition) is 1. The monoisotopic (exact) mass is 332 g/mol. The number of nitrogens with zero attached hydrogens (tertiary/aromatic N) is 2. The standard InChI is InChI=1S/C19H12N2O4/c22-16-9-6-12(10-21(16)13-4-2-1-3-5-13)18(23)14-7-8-15-17(19(14)24)20-11-25-15/h1-11,24H. The van der Waals surface area contributed by atoms with E-state index in [9.17, 15) is 14.7 Å². The molecule has 6 heteroatoms. The Bertz CT molecular complexity index is 1140. The Morgan fingerprint density at radius 2 is 1.84 bits per heavy atom. The summed E-state index contributed by atoms with van der Waals surface area (Å²) in [5.41, 5.74) is 1.39. The number of hydrogen-bond acceptors (Lipinski definition) is 5. The van der Waals surface area contributed by atoms with Crippen molar-refractivity contribution in [3.63, 3.8) is 0 Å². The molecular weight excluding hydrogens is 320 g/mol. The number of carbonyl (C=O) groups is 1. The van der Waals surface area contributed by atoms with Crippen LogP contribution in [-0.4, -0.2) is 20.4 Å². The van der Waals surface area contributed by atoms with E-state index >= 15 is 0 Å². The van der Waals surface area contributed by atoms with Crippen LogP contribution in [0.4, 0.5) is 0 Å². The summed E-state index contributed by atoms with van der Waals surface area (Å²) in [4.78, 5) is 28.8. The number of ketones is 1. The van der Waals surface area contributed by atoms with Gasteiger partial charge in [0.2, 0.25) is 0 Å². The minimum absolute atomic E-state index is 0.0969. The topological polar surface area (TPSA) is 85.3 Å². The maximum absolute atomic E-state index is 12.8. The van der Waals surface area contributed by atoms with Crippen molar-refractivity contribution >= 4 is 16.9 Å². The molecule has 0 saturated heterocycles. The van der Waals surface area contributed by atoms with Crippen LogP contribution in [0.2, 0.25) is 0 Å². The van der Waals surface area contributed by atoms with Gasteiger partial charge in [0.25, 0.3) is 5.56 Å². The number of aromatic nitrogens is 2. The summed E-state index contributed by atoms with van der Waals surface area (Å²) in [5.74, 6) is -0.652. The van der Waals surface area contributed by atoms with E-state index in [2.05, 4.69) is 4.98 Å². The molecule has 0 fully saturated rings. The van der Waals surface area contributed by atoms with Crippen LogP contribution in [0.5, 0.6) is 5.75 Å². The van der Waals surface area contributed by atoms with Crippen LogP contribution in [0, 0.1) is 0 Å². The lowest BCUT2D eigenvalue weighted by molar-refractivity contribution is 0.103. The van der Waals surface area contributed by atoms with Crippen LogP contribution >= 0.6 is 0 Å². The molecule has 0 bridgehead atoms. The number of carbonyl (C=O) groups excluding carboxylic acids is 1. The fourth-order valence-electron chi connectivity index (χ4n) is 2.67. The quantitative estimate of drug-likeness (QED) is 0.583. The number of aromatic hydroxyl groups is 1. The first-order valence-corrected chi connectivity index (χ1v) is 7.53. The molecule has 2 heterocycles. The van der Waals surface area contributed by atoms with Gasteiger partial charge in [-0.3, -0.25) is 14.2 Å². The third-order valence-corrected chi connectivity index (χ3v) is 3.93. The predicted molar refractivity (Wildman–Crippen MR) is 91.1 cm³/mol. The predicted octanol–water partition coefficient (Wildman–Crippen LogP) is 2.92. The number of fused-ring (bicyclic) bond motifs is 1. The zero-order chi connectivity index (χ0) is 17.4. The van der Waals surface area contributed by atoms with E-state index in [1.807, 2.05) is 6.07 Å². The smallest absolute Gasteiger partial charge is 0.255 e. The average Bonchev–Trinajstić information content (AvgIpc) is 3.12. The van der Waals surface area contributed by atoms with Gasteiger partial charge in [0.1, 0.15) is 0 Å². The number of oxazole rings is 1. The minimum Gasteiger partial charge on any atom is -0.505 e. The molecule has 25 heavy (non-hydrogen) atoms. The Labute approximate surface area is 141 Å². The van der Waals surface area contributed by atoms with Gasteiger partial charge in [-0.05, 0) is 30.3 Å². The van der Waals surface area contributed by atoms with Crippen molar-refractivity contribution in [1.29, 1.82) is 0 Å². The van der Waals surface area contributed by atoms with Crippen molar-refractivity contribution in [2.75, 3.05) is 0 Å². The molecule has 0 spiro atoms. The highest BCUT2D eigenvalue weighted by molar-refractivity contribution is 6.12. The number of rotatable bonds is 3. The summed E-state index contributed by atoms with van der Waals surface area (Å²) in [7, 11) is 0. The molecule has 2 aromatic carbocycles. The Kier molecular flexibility index (Phi) is 3.43. The molecule has 0 amide bonds. The summed E-state index contributed by atoms with van der Waals surface area (Å²) in [6.07, 6.45) is 2.67. The fraction of sp³-hybridized carbons (Fsp3) is 0. The van der Waals surface area contributed by atoms with Crippen molar-refractivity contribution < 1.29 is 14.3 Å². The second kappa shape index (κ2) is 5.76. The average molecular weight is 332 g/mol. The summed E-state index contributed by atoms with van der Waals surface area (Å²) >= 11 is 0. The first-order chi connectivity index (χ1) is 12.1. The maximum Gasteiger partial charge on any atom is 0.255 e. The Morgan fingerprint density at radius 3 is 2.64 bits per heavy atom. The molecule has 6 nitrogen and oxygen atoms in total. The minimum atomic E-state index is -0.410. The second-order valence-corrected chi connectivity index (χ2v) is 5.45. The largest absolute Gasteiger partial charge is 0.505 e. The van der Waals surface area contributed by atoms with Gasteiger partial charge in [0.05, 0.1) is 5.56 Å². The fourth-order valence-corrected chi connectivity index (χ4v) is 2.67. The summed E-state index contributed by atoms with van der Waals surface area (Å²) in [5, 5.41) is 10.3. The molecule has 0 atom stereocenters. The number of pyridine rings is 1. The van der Waals surface area contributed by atoms with E-state index in [1.54, 1.807) is 30.3 Å². The van der Waals surface area contributed by atoms with Gasteiger partial charge in [0, 0.05) is 23.5 Å². The van der Waals surface area contributed by atoms with E-state index in [1.165, 1.54) is 35.4 Å². The lowest BCUT2D eigenvalue weighted by Crippen LogP contribution is -2.18. The highest BCUT2D eigenvalue weighted by Gasteiger charge is 2.18. The second-order valence-electron chi connectivity index (χ2n) is 5.45. The normalized spacial score (nSPS) is 10.9. The Hall–Kier alpha value is -3.67. The zero-order valence-corrected chi connectivity index (χ0v) is 12.9. The van der Waals surface area contributed by atoms with Crippen LogP contribution in [0.15, 0.2) is 76.4 Å². The first-order valence-electron chi connectivity index (χ1n) is 7.53. The molecule has 0 saturated carbocycles. The van der Waals surface area contributed by atoms with Gasteiger partial charge in [-0.2, -0.15) is 0 Å². The first kappa shape index (κ1) is 14.9. The van der Waals surface area contributed by atoms with Crippen LogP contribution < -0.4 is 5.56 Å². The van der Waals surface area contributed by atoms with E-state index in [0.29, 0.717) is 11.3 Å². The zero-order valence-electron chi connectivity index (χ0n) is 12.9. The van der Waals surface area contributed by atoms with Crippen LogP contribution in [0.3, 0.4) is 0 Å². The molecule has 122 valence electrons. The molecule has 4 rings (SSSR count). The van der Waals surface area contributed by atoms with Crippen molar-refractivity contribution in [3.8, 4) is 11.4 Å². The molecule has 0 radical (unpaired) electrons. The van der Waals surface area contributed by atoms with E-state index in [-0.39, 0.29) is 28.0 Å². The summed E-state index contributed by atoms with van der Waals surface area (Å²) in [6, 6.07) is 14.8. The van der Waals surface area contributed by atoms with Crippen molar-refractivity contribution in [1.82, 2.24) is 9.55 Å². The molecule has 0 aliphatic rings. The molecule has 2 aromatic heterocycles.